The topological polar surface area (TPSA) is 78.5 Å². The lowest BCUT2D eigenvalue weighted by molar-refractivity contribution is -0.128. The molecule has 4 rings (SSSR count). The maximum atomic E-state index is 15.8. The molecule has 3 aromatic rings. The number of benzene rings is 1. The van der Waals surface area contributed by atoms with Gasteiger partial charge in [-0.1, -0.05) is 6.08 Å². The Bertz CT molecular complexity index is 1250. The number of rotatable bonds is 4. The number of ether oxygens (including phenoxy) is 1. The van der Waals surface area contributed by atoms with E-state index < -0.39 is 5.82 Å². The van der Waals surface area contributed by atoms with Gasteiger partial charge in [-0.3, -0.25) is 14.6 Å². The second-order valence-corrected chi connectivity index (χ2v) is 7.99. The highest BCUT2D eigenvalue weighted by molar-refractivity contribution is 6.05. The maximum Gasteiger partial charge on any atom is 0.269 e. The molecule has 0 saturated heterocycles. The van der Waals surface area contributed by atoms with Crippen LogP contribution >= 0.6 is 0 Å². The number of aromatic nitrogens is 2. The van der Waals surface area contributed by atoms with E-state index in [4.69, 9.17) is 4.74 Å². The van der Waals surface area contributed by atoms with Crippen LogP contribution in [0.3, 0.4) is 0 Å². The van der Waals surface area contributed by atoms with Gasteiger partial charge in [0.25, 0.3) is 5.91 Å². The van der Waals surface area contributed by atoms with Gasteiger partial charge in [0.1, 0.15) is 11.4 Å². The molecule has 1 aliphatic heterocycles. The zero-order valence-corrected chi connectivity index (χ0v) is 18.5. The monoisotopic (exact) mass is 436 g/mol. The molecular formula is C24H25FN4O3. The molecule has 0 unspecified atom stereocenters. The van der Waals surface area contributed by atoms with Crippen LogP contribution in [0, 0.1) is 5.82 Å². The first kappa shape index (κ1) is 21.5. The van der Waals surface area contributed by atoms with Gasteiger partial charge < -0.3 is 19.5 Å². The van der Waals surface area contributed by atoms with Crippen molar-refractivity contribution in [3.63, 3.8) is 0 Å². The number of amides is 2. The van der Waals surface area contributed by atoms with Crippen molar-refractivity contribution < 1.29 is 18.7 Å². The summed E-state index contributed by atoms with van der Waals surface area (Å²) in [7, 11) is 4.85. The van der Waals surface area contributed by atoms with Crippen LogP contribution in [0.1, 0.15) is 29.4 Å². The van der Waals surface area contributed by atoms with Crippen molar-refractivity contribution >= 4 is 28.3 Å². The Morgan fingerprint density at radius 3 is 2.69 bits per heavy atom. The van der Waals surface area contributed by atoms with E-state index in [0.29, 0.717) is 47.3 Å². The van der Waals surface area contributed by atoms with E-state index in [1.165, 1.54) is 11.8 Å². The van der Waals surface area contributed by atoms with Crippen LogP contribution < -0.4 is 4.74 Å². The molecule has 2 aromatic heterocycles. The van der Waals surface area contributed by atoms with Crippen molar-refractivity contribution in [3.8, 4) is 16.9 Å². The predicted molar refractivity (Wildman–Crippen MR) is 121 cm³/mol. The molecule has 1 aliphatic rings. The Labute approximate surface area is 185 Å². The molecule has 1 N–H and O–H groups in total. The smallest absolute Gasteiger partial charge is 0.269 e. The van der Waals surface area contributed by atoms with E-state index >= 15 is 4.39 Å². The van der Waals surface area contributed by atoms with Crippen molar-refractivity contribution in [1.82, 2.24) is 19.8 Å². The van der Waals surface area contributed by atoms with Gasteiger partial charge in [-0.05, 0) is 35.8 Å². The predicted octanol–water partition coefficient (Wildman–Crippen LogP) is 3.72. The van der Waals surface area contributed by atoms with Crippen molar-refractivity contribution in [2.45, 2.75) is 13.3 Å². The number of fused-ring (bicyclic) bond motifs is 1. The van der Waals surface area contributed by atoms with E-state index in [0.717, 1.165) is 5.57 Å². The van der Waals surface area contributed by atoms with Gasteiger partial charge in [-0.25, -0.2) is 4.39 Å². The molecule has 0 fully saturated rings. The molecule has 0 spiro atoms. The third-order valence-corrected chi connectivity index (χ3v) is 5.72. The first-order chi connectivity index (χ1) is 15.3. The summed E-state index contributed by atoms with van der Waals surface area (Å²) in [5.41, 5.74) is 3.00. The first-order valence-corrected chi connectivity index (χ1v) is 10.3. The van der Waals surface area contributed by atoms with E-state index in [1.54, 1.807) is 56.7 Å². The normalized spacial score (nSPS) is 13.8. The summed E-state index contributed by atoms with van der Waals surface area (Å²) in [5.74, 6) is -0.180. The number of halogens is 1. The minimum atomic E-state index is -0.457. The molecule has 166 valence electrons. The third-order valence-electron chi connectivity index (χ3n) is 5.72. The fourth-order valence-electron chi connectivity index (χ4n) is 4.04. The minimum Gasteiger partial charge on any atom is -0.496 e. The molecular weight excluding hydrogens is 411 g/mol. The number of nitrogens with one attached hydrogen (secondary N) is 1. The van der Waals surface area contributed by atoms with Crippen LogP contribution in [-0.2, 0) is 4.79 Å². The van der Waals surface area contributed by atoms with Crippen LogP contribution in [0.4, 0.5) is 4.39 Å². The summed E-state index contributed by atoms with van der Waals surface area (Å²) >= 11 is 0. The second kappa shape index (κ2) is 8.45. The number of hydrogen-bond acceptors (Lipinski definition) is 4. The number of aromatic amines is 1. The number of methoxy groups -OCH3 is 1. The van der Waals surface area contributed by atoms with Gasteiger partial charge in [-0.15, -0.1) is 0 Å². The van der Waals surface area contributed by atoms with Gasteiger partial charge in [-0.2, -0.15) is 0 Å². The zero-order valence-electron chi connectivity index (χ0n) is 18.5. The van der Waals surface area contributed by atoms with E-state index in [2.05, 4.69) is 9.97 Å². The third kappa shape index (κ3) is 3.72. The molecule has 7 nitrogen and oxygen atoms in total. The number of nitrogens with zero attached hydrogens (tertiary/aromatic N) is 3. The minimum absolute atomic E-state index is 0.0509. The highest BCUT2D eigenvalue weighted by atomic mass is 19.1. The average molecular weight is 436 g/mol. The zero-order chi connectivity index (χ0) is 23.0. The molecule has 32 heavy (non-hydrogen) atoms. The number of carbonyl (C=O) groups excluding carboxylic acids is 2. The van der Waals surface area contributed by atoms with Crippen LogP contribution in [0.2, 0.25) is 0 Å². The number of hydrogen-bond donors (Lipinski definition) is 1. The quantitative estimate of drug-likeness (QED) is 0.676. The van der Waals surface area contributed by atoms with Gasteiger partial charge >= 0.3 is 0 Å². The molecule has 0 aliphatic carbocycles. The number of pyridine rings is 1. The van der Waals surface area contributed by atoms with Gasteiger partial charge in [0.2, 0.25) is 5.91 Å². The van der Waals surface area contributed by atoms with Crippen molar-refractivity contribution in [2.75, 3.05) is 34.3 Å². The second-order valence-electron chi connectivity index (χ2n) is 7.99. The number of carbonyl (C=O) groups is 2. The lowest BCUT2D eigenvalue weighted by Crippen LogP contribution is -2.33. The summed E-state index contributed by atoms with van der Waals surface area (Å²) in [6.07, 6.45) is 5.89. The van der Waals surface area contributed by atoms with E-state index in [9.17, 15) is 9.59 Å². The molecule has 3 heterocycles. The van der Waals surface area contributed by atoms with Crippen molar-refractivity contribution in [3.05, 3.63) is 53.7 Å². The molecule has 0 saturated carbocycles. The molecule has 0 radical (unpaired) electrons. The Hall–Kier alpha value is -3.68. The SMILES string of the molecule is COc1ccncc1-c1cc(C2=CCCN(C(C)=O)C2)c(F)c2[nH]c(C(=O)N(C)C)cc12. The van der Waals surface area contributed by atoms with Crippen LogP contribution in [0.15, 0.2) is 36.7 Å². The summed E-state index contributed by atoms with van der Waals surface area (Å²) in [6, 6.07) is 5.15. The van der Waals surface area contributed by atoms with Crippen LogP contribution in [0.25, 0.3) is 27.6 Å². The largest absolute Gasteiger partial charge is 0.496 e. The standard InChI is InChI=1S/C24H25FN4O3/c1-14(30)29-9-5-6-15(13-29)16-10-17(19-12-26-8-7-21(19)32-4)18-11-20(24(31)28(2)3)27-23(18)22(16)25/h6-8,10-12,27H,5,9,13H2,1-4H3. The van der Waals surface area contributed by atoms with Gasteiger partial charge in [0.15, 0.2) is 5.82 Å². The van der Waals surface area contributed by atoms with E-state index in [-0.39, 0.29) is 23.0 Å². The van der Waals surface area contributed by atoms with Gasteiger partial charge in [0.05, 0.1) is 12.6 Å². The highest BCUT2D eigenvalue weighted by Gasteiger charge is 2.24. The Kier molecular flexibility index (Phi) is 5.69. The maximum absolute atomic E-state index is 15.8. The summed E-state index contributed by atoms with van der Waals surface area (Å²) in [4.78, 5) is 34.8. The molecule has 2 amide bonds. The Balaban J connectivity index is 1.98. The summed E-state index contributed by atoms with van der Waals surface area (Å²) in [6.45, 7) is 2.44. The van der Waals surface area contributed by atoms with Gasteiger partial charge in [0, 0.05) is 63.0 Å². The fourth-order valence-corrected chi connectivity index (χ4v) is 4.04. The average Bonchev–Trinajstić information content (AvgIpc) is 3.25. The highest BCUT2D eigenvalue weighted by Crippen LogP contribution is 2.39. The Morgan fingerprint density at radius 1 is 1.22 bits per heavy atom. The molecule has 0 bridgehead atoms. The molecule has 0 atom stereocenters. The lowest BCUT2D eigenvalue weighted by atomic mass is 9.93. The van der Waals surface area contributed by atoms with Crippen LogP contribution in [-0.4, -0.2) is 65.9 Å². The molecule has 8 heteroatoms. The fraction of sp³-hybridized carbons (Fsp3) is 0.292. The lowest BCUT2D eigenvalue weighted by Gasteiger charge is -2.27. The number of H-pyrrole nitrogens is 1. The Morgan fingerprint density at radius 2 is 2.00 bits per heavy atom. The van der Waals surface area contributed by atoms with Crippen molar-refractivity contribution in [1.29, 1.82) is 0 Å². The molecule has 1 aromatic carbocycles. The summed E-state index contributed by atoms with van der Waals surface area (Å²) in [5, 5.41) is 0.558. The first-order valence-electron chi connectivity index (χ1n) is 10.3. The van der Waals surface area contributed by atoms with Crippen molar-refractivity contribution in [2.24, 2.45) is 0 Å². The summed E-state index contributed by atoms with van der Waals surface area (Å²) < 4.78 is 21.3. The van der Waals surface area contributed by atoms with Crippen LogP contribution in [0.5, 0.6) is 5.75 Å². The van der Waals surface area contributed by atoms with E-state index in [1.807, 2.05) is 6.08 Å².